The summed E-state index contributed by atoms with van der Waals surface area (Å²) in [6.45, 7) is 2.93. The van der Waals surface area contributed by atoms with Crippen molar-refractivity contribution in [2.24, 2.45) is 0 Å². The number of hydrogen-bond acceptors (Lipinski definition) is 13. The van der Waals surface area contributed by atoms with Gasteiger partial charge in [0, 0.05) is 22.2 Å². The fourth-order valence-corrected chi connectivity index (χ4v) is 5.65. The largest absolute Gasteiger partial charge is 0.493 e. The summed E-state index contributed by atoms with van der Waals surface area (Å²) in [5, 5.41) is 30.5. The second-order valence-corrected chi connectivity index (χ2v) is 10.7. The van der Waals surface area contributed by atoms with Crippen molar-refractivity contribution in [3.05, 3.63) is 41.5 Å². The second kappa shape index (κ2) is 11.5. The minimum Gasteiger partial charge on any atom is -0.493 e. The summed E-state index contributed by atoms with van der Waals surface area (Å²) in [7, 11) is 2.97. The highest BCUT2D eigenvalue weighted by atomic mass is 16.7. The lowest BCUT2D eigenvalue weighted by molar-refractivity contribution is -0.272. The molecule has 13 heteroatoms. The lowest BCUT2D eigenvalue weighted by atomic mass is 9.89. The van der Waals surface area contributed by atoms with Crippen LogP contribution in [0.15, 0.2) is 30.3 Å². The summed E-state index contributed by atoms with van der Waals surface area (Å²) in [5.74, 6) is 0.636. The van der Waals surface area contributed by atoms with E-state index in [2.05, 4.69) is 0 Å². The molecule has 0 aromatic heterocycles. The van der Waals surface area contributed by atoms with E-state index >= 15 is 0 Å². The van der Waals surface area contributed by atoms with Crippen LogP contribution in [0.25, 0.3) is 21.9 Å². The summed E-state index contributed by atoms with van der Waals surface area (Å²) in [6, 6.07) is 8.72. The maximum atomic E-state index is 13.3. The number of hydrogen-bond donors (Lipinski definition) is 3. The molecule has 13 nitrogen and oxygen atoms in total. The number of cyclic esters (lactones) is 1. The Morgan fingerprint density at radius 2 is 1.68 bits per heavy atom. The molecule has 6 rings (SSSR count). The molecule has 1 unspecified atom stereocenters. The average Bonchev–Trinajstić information content (AvgIpc) is 3.63. The molecule has 0 bridgehead atoms. The molecular formula is C31H31NO12. The molecule has 3 aromatic carbocycles. The van der Waals surface area contributed by atoms with Gasteiger partial charge >= 0.3 is 11.9 Å². The Bertz CT molecular complexity index is 1670. The van der Waals surface area contributed by atoms with Gasteiger partial charge in [-0.2, -0.15) is 0 Å². The zero-order valence-corrected chi connectivity index (χ0v) is 24.4. The zero-order valence-electron chi connectivity index (χ0n) is 24.4. The van der Waals surface area contributed by atoms with Gasteiger partial charge in [0.05, 0.1) is 32.3 Å². The molecule has 1 fully saturated rings. The van der Waals surface area contributed by atoms with Crippen LogP contribution in [0.1, 0.15) is 36.2 Å². The first-order chi connectivity index (χ1) is 21.1. The number of rotatable bonds is 8. The predicted molar refractivity (Wildman–Crippen MR) is 153 cm³/mol. The number of carbonyl (C=O) groups is 2. The number of ether oxygens (including phenoxy) is 8. The van der Waals surface area contributed by atoms with Crippen LogP contribution in [0.2, 0.25) is 0 Å². The van der Waals surface area contributed by atoms with Gasteiger partial charge in [0.25, 0.3) is 0 Å². The average molecular weight is 610 g/mol. The molecule has 0 radical (unpaired) electrons. The van der Waals surface area contributed by atoms with Gasteiger partial charge in [-0.15, -0.1) is 0 Å². The first-order valence-corrected chi connectivity index (χ1v) is 13.8. The number of aliphatic hydroxyl groups excluding tert-OH is 2. The predicted octanol–water partition coefficient (Wildman–Crippen LogP) is 3.11. The highest BCUT2D eigenvalue weighted by molar-refractivity contribution is 6.14. The number of nitrogens with one attached hydrogen (secondary N) is 1. The zero-order chi connectivity index (χ0) is 31.3. The van der Waals surface area contributed by atoms with Crippen LogP contribution >= 0.6 is 0 Å². The molecule has 3 aromatic rings. The molecular weight excluding hydrogens is 578 g/mol. The van der Waals surface area contributed by atoms with Crippen LogP contribution in [0, 0.1) is 5.41 Å². The van der Waals surface area contributed by atoms with Crippen molar-refractivity contribution in [2.75, 3.05) is 21.0 Å². The molecule has 0 spiro atoms. The van der Waals surface area contributed by atoms with Crippen LogP contribution in [0.4, 0.5) is 0 Å². The lowest BCUT2D eigenvalue weighted by Gasteiger charge is -2.41. The van der Waals surface area contributed by atoms with Gasteiger partial charge in [-0.25, -0.2) is 4.79 Å². The highest BCUT2D eigenvalue weighted by Crippen LogP contribution is 2.49. The number of methoxy groups -OCH3 is 2. The summed E-state index contributed by atoms with van der Waals surface area (Å²) in [6.07, 6.45) is -7.06. The summed E-state index contributed by atoms with van der Waals surface area (Å²) in [4.78, 5) is 25.7. The molecule has 3 aliphatic rings. The van der Waals surface area contributed by atoms with Crippen molar-refractivity contribution in [1.29, 1.82) is 5.41 Å². The molecule has 0 amide bonds. The van der Waals surface area contributed by atoms with Crippen LogP contribution < -0.4 is 23.7 Å². The molecule has 0 saturated carbocycles. The third kappa shape index (κ3) is 5.02. The Morgan fingerprint density at radius 1 is 0.977 bits per heavy atom. The van der Waals surface area contributed by atoms with Crippen molar-refractivity contribution < 1.29 is 57.7 Å². The summed E-state index contributed by atoms with van der Waals surface area (Å²) < 4.78 is 45.3. The van der Waals surface area contributed by atoms with E-state index in [1.807, 2.05) is 0 Å². The summed E-state index contributed by atoms with van der Waals surface area (Å²) >= 11 is 0. The van der Waals surface area contributed by atoms with Gasteiger partial charge in [-0.05, 0) is 49.1 Å². The van der Waals surface area contributed by atoms with Crippen molar-refractivity contribution in [3.63, 3.8) is 0 Å². The monoisotopic (exact) mass is 609 g/mol. The topological polar surface area (TPSA) is 172 Å². The number of benzene rings is 3. The molecule has 0 aliphatic carbocycles. The summed E-state index contributed by atoms with van der Waals surface area (Å²) in [5.41, 5.74) is 1.87. The molecule has 3 aliphatic heterocycles. The molecule has 5 atom stereocenters. The fraction of sp³-hybridized carbons (Fsp3) is 0.387. The maximum absolute atomic E-state index is 13.3. The normalized spacial score (nSPS) is 23.6. The SMILES string of the molecule is COc1cc2c(OC3O[C@H](C)[C@@H](O)[C@H](OC(=O)CC(C)=N)[C@H]3O)c3c(c(-c4ccc5c(c4)OCO5)c2cc1OC)C(=O)OC3. The van der Waals surface area contributed by atoms with Crippen LogP contribution in [-0.2, 0) is 25.6 Å². The molecule has 3 heterocycles. The van der Waals surface area contributed by atoms with Crippen molar-refractivity contribution in [3.8, 4) is 39.9 Å². The van der Waals surface area contributed by atoms with Crippen molar-refractivity contribution in [2.45, 2.75) is 57.6 Å². The lowest BCUT2D eigenvalue weighted by Crippen LogP contribution is -2.59. The van der Waals surface area contributed by atoms with E-state index in [0.717, 1.165) is 0 Å². The van der Waals surface area contributed by atoms with E-state index in [9.17, 15) is 19.8 Å². The van der Waals surface area contributed by atoms with Crippen molar-refractivity contribution in [1.82, 2.24) is 0 Å². The minimum atomic E-state index is -1.63. The van der Waals surface area contributed by atoms with Crippen LogP contribution in [-0.4, -0.2) is 79.6 Å². The standard InChI is InChI=1S/C31H31NO12/c1-13(32)7-23(33)43-29-26(34)14(2)42-31(27(29)35)44-28-17-10-21(38-4)20(37-3)9-16(17)24(25-18(28)11-39-30(25)36)15-5-6-19-22(8-15)41-12-40-19/h5-6,8-10,14,26-27,29,31-32,34-35H,7,11-12H2,1-4H3/t14-,26-,27-,29+,31?/m1/s1. The van der Waals surface area contributed by atoms with Gasteiger partial charge < -0.3 is 53.5 Å². The van der Waals surface area contributed by atoms with Gasteiger partial charge in [0.2, 0.25) is 13.1 Å². The van der Waals surface area contributed by atoms with Gasteiger partial charge in [-0.1, -0.05) is 6.07 Å². The molecule has 3 N–H and O–H groups in total. The number of aliphatic hydroxyl groups is 2. The molecule has 1 saturated heterocycles. The van der Waals surface area contributed by atoms with E-state index in [1.54, 1.807) is 37.3 Å². The highest BCUT2D eigenvalue weighted by Gasteiger charge is 2.47. The maximum Gasteiger partial charge on any atom is 0.339 e. The van der Waals surface area contributed by atoms with E-state index in [4.69, 9.17) is 43.3 Å². The quantitative estimate of drug-likeness (QED) is 0.252. The Morgan fingerprint density at radius 3 is 2.39 bits per heavy atom. The molecule has 232 valence electrons. The van der Waals surface area contributed by atoms with Crippen molar-refractivity contribution >= 4 is 28.4 Å². The Labute approximate surface area is 251 Å². The number of esters is 2. The third-order valence-electron chi connectivity index (χ3n) is 7.77. The fourth-order valence-electron chi connectivity index (χ4n) is 5.65. The number of fused-ring (bicyclic) bond motifs is 3. The van der Waals surface area contributed by atoms with Crippen LogP contribution in [0.5, 0.6) is 28.7 Å². The Balaban J connectivity index is 1.50. The second-order valence-electron chi connectivity index (χ2n) is 10.7. The van der Waals surface area contributed by atoms with Gasteiger partial charge in [0.1, 0.15) is 18.5 Å². The Kier molecular flexibility index (Phi) is 7.70. The third-order valence-corrected chi connectivity index (χ3v) is 7.77. The number of carbonyl (C=O) groups excluding carboxylic acids is 2. The minimum absolute atomic E-state index is 0.0607. The van der Waals surface area contributed by atoms with E-state index in [-0.39, 0.29) is 36.8 Å². The smallest absolute Gasteiger partial charge is 0.339 e. The first kappa shape index (κ1) is 29.5. The van der Waals surface area contributed by atoms with Gasteiger partial charge in [-0.3, -0.25) is 4.79 Å². The molecule has 44 heavy (non-hydrogen) atoms. The Hall–Kier alpha value is -4.59. The van der Waals surface area contributed by atoms with Crippen LogP contribution in [0.3, 0.4) is 0 Å². The van der Waals surface area contributed by atoms with E-state index in [0.29, 0.717) is 50.5 Å². The first-order valence-electron chi connectivity index (χ1n) is 13.8. The van der Waals surface area contributed by atoms with Gasteiger partial charge in [0.15, 0.2) is 35.2 Å². The van der Waals surface area contributed by atoms with E-state index in [1.165, 1.54) is 21.1 Å². The van der Waals surface area contributed by atoms with E-state index < -0.39 is 42.6 Å².